The van der Waals surface area contributed by atoms with Gasteiger partial charge in [-0.15, -0.1) is 0 Å². The van der Waals surface area contributed by atoms with Gasteiger partial charge in [0.2, 0.25) is 0 Å². The zero-order valence-electron chi connectivity index (χ0n) is 10.9. The highest BCUT2D eigenvalue weighted by molar-refractivity contribution is 5.67. The summed E-state index contributed by atoms with van der Waals surface area (Å²) in [5.41, 5.74) is -0.712. The Morgan fingerprint density at radius 1 is 1.31 bits per heavy atom. The van der Waals surface area contributed by atoms with E-state index < -0.39 is 17.3 Å². The van der Waals surface area contributed by atoms with Gasteiger partial charge in [0.25, 0.3) is 0 Å². The molecule has 0 unspecified atom stereocenters. The molecule has 0 aliphatic carbocycles. The Kier molecular flexibility index (Phi) is 5.00. The zero-order valence-corrected chi connectivity index (χ0v) is 10.9. The summed E-state index contributed by atoms with van der Waals surface area (Å²) in [6.07, 6.45) is 0.0824. The number of carbonyl (C=O) groups is 1. The Morgan fingerprint density at radius 2 is 1.81 bits per heavy atom. The summed E-state index contributed by atoms with van der Waals surface area (Å²) in [7, 11) is 0. The largest absolute Gasteiger partial charge is 0.444 e. The highest BCUT2D eigenvalue weighted by Crippen LogP contribution is 2.15. The molecule has 2 N–H and O–H groups in total. The molecule has 0 aromatic carbocycles. The summed E-state index contributed by atoms with van der Waals surface area (Å²) >= 11 is 0. The lowest BCUT2D eigenvalue weighted by atomic mass is 9.97. The molecule has 4 heteroatoms. The van der Waals surface area contributed by atoms with Crippen molar-refractivity contribution < 1.29 is 14.6 Å². The summed E-state index contributed by atoms with van der Waals surface area (Å²) in [6, 6.07) is 0. The fraction of sp³-hybridized carbons (Fsp3) is 0.750. The lowest BCUT2D eigenvalue weighted by Gasteiger charge is -2.22. The minimum Gasteiger partial charge on any atom is -0.444 e. The van der Waals surface area contributed by atoms with Crippen LogP contribution in [0.5, 0.6) is 0 Å². The molecule has 0 fully saturated rings. The van der Waals surface area contributed by atoms with Crippen LogP contribution in [0.4, 0.5) is 4.79 Å². The average molecular weight is 229 g/mol. The second kappa shape index (κ2) is 5.34. The zero-order chi connectivity index (χ0) is 13.0. The second-order valence-electron chi connectivity index (χ2n) is 5.34. The van der Waals surface area contributed by atoms with Gasteiger partial charge in [-0.1, -0.05) is 6.58 Å². The van der Waals surface area contributed by atoms with Gasteiger partial charge in [-0.3, -0.25) is 0 Å². The lowest BCUT2D eigenvalue weighted by molar-refractivity contribution is 0.0524. The molecule has 0 saturated carbocycles. The average Bonchev–Trinajstić information content (AvgIpc) is 1.98. The standard InChI is InChI=1S/C12H23NO3/c1-9(12(5,6)15)7-8-13-10(14)16-11(2,3)4/h15H,1,7-8H2,2-6H3,(H,13,14). The maximum atomic E-state index is 11.3. The van der Waals surface area contributed by atoms with E-state index in [1.807, 2.05) is 20.8 Å². The molecule has 0 spiro atoms. The number of amides is 1. The molecule has 0 aromatic rings. The first kappa shape index (κ1) is 15.0. The number of hydrogen-bond donors (Lipinski definition) is 2. The van der Waals surface area contributed by atoms with Crippen LogP contribution in [-0.4, -0.2) is 28.9 Å². The van der Waals surface area contributed by atoms with E-state index in [0.29, 0.717) is 18.5 Å². The van der Waals surface area contributed by atoms with Crippen LogP contribution in [0.25, 0.3) is 0 Å². The van der Waals surface area contributed by atoms with E-state index in [1.54, 1.807) is 13.8 Å². The predicted molar refractivity (Wildman–Crippen MR) is 64.3 cm³/mol. The van der Waals surface area contributed by atoms with Crippen LogP contribution in [0.3, 0.4) is 0 Å². The number of rotatable bonds is 4. The Balaban J connectivity index is 3.84. The monoisotopic (exact) mass is 229 g/mol. The molecule has 0 aliphatic rings. The van der Waals surface area contributed by atoms with Crippen molar-refractivity contribution in [2.45, 2.75) is 52.2 Å². The molecule has 0 aromatic heterocycles. The molecule has 16 heavy (non-hydrogen) atoms. The van der Waals surface area contributed by atoms with Crippen molar-refractivity contribution in [3.8, 4) is 0 Å². The quantitative estimate of drug-likeness (QED) is 0.727. The molecule has 0 atom stereocenters. The maximum Gasteiger partial charge on any atom is 0.407 e. The van der Waals surface area contributed by atoms with Crippen LogP contribution in [0, 0.1) is 0 Å². The van der Waals surface area contributed by atoms with E-state index in [1.165, 1.54) is 0 Å². The SMILES string of the molecule is C=C(CCNC(=O)OC(C)(C)C)C(C)(C)O. The summed E-state index contributed by atoms with van der Waals surface area (Å²) < 4.78 is 5.06. The van der Waals surface area contributed by atoms with Crippen molar-refractivity contribution in [1.82, 2.24) is 5.32 Å². The van der Waals surface area contributed by atoms with Crippen LogP contribution < -0.4 is 5.32 Å². The molecule has 94 valence electrons. The first-order valence-electron chi connectivity index (χ1n) is 5.40. The van der Waals surface area contributed by atoms with Gasteiger partial charge in [0.05, 0.1) is 5.60 Å². The van der Waals surface area contributed by atoms with Crippen LogP contribution in [0.1, 0.15) is 41.0 Å². The third-order valence-electron chi connectivity index (χ3n) is 1.96. The Morgan fingerprint density at radius 3 is 2.19 bits per heavy atom. The Hall–Kier alpha value is -1.03. The van der Waals surface area contributed by atoms with Gasteiger partial charge in [0, 0.05) is 6.54 Å². The molecule has 0 rings (SSSR count). The molecule has 4 nitrogen and oxygen atoms in total. The normalized spacial score (nSPS) is 12.1. The maximum absolute atomic E-state index is 11.3. The van der Waals surface area contributed by atoms with E-state index in [-0.39, 0.29) is 0 Å². The lowest BCUT2D eigenvalue weighted by Crippen LogP contribution is -2.34. The van der Waals surface area contributed by atoms with Crippen molar-refractivity contribution in [3.05, 3.63) is 12.2 Å². The van der Waals surface area contributed by atoms with Crippen molar-refractivity contribution in [1.29, 1.82) is 0 Å². The minimum atomic E-state index is -0.907. The Labute approximate surface area is 97.7 Å². The van der Waals surface area contributed by atoms with Crippen LogP contribution in [0.2, 0.25) is 0 Å². The van der Waals surface area contributed by atoms with Crippen LogP contribution in [-0.2, 0) is 4.74 Å². The van der Waals surface area contributed by atoms with Gasteiger partial charge in [-0.05, 0) is 46.6 Å². The van der Waals surface area contributed by atoms with E-state index in [4.69, 9.17) is 4.74 Å². The van der Waals surface area contributed by atoms with E-state index in [2.05, 4.69) is 11.9 Å². The summed E-state index contributed by atoms with van der Waals surface area (Å²) in [4.78, 5) is 11.3. The fourth-order valence-corrected chi connectivity index (χ4v) is 0.936. The van der Waals surface area contributed by atoms with Gasteiger partial charge in [0.1, 0.15) is 5.60 Å². The highest BCUT2D eigenvalue weighted by atomic mass is 16.6. The number of nitrogens with one attached hydrogen (secondary N) is 1. The van der Waals surface area contributed by atoms with Crippen molar-refractivity contribution in [2.75, 3.05) is 6.54 Å². The number of aliphatic hydroxyl groups is 1. The van der Waals surface area contributed by atoms with Gasteiger partial charge >= 0.3 is 6.09 Å². The second-order valence-corrected chi connectivity index (χ2v) is 5.34. The van der Waals surface area contributed by atoms with Gasteiger partial charge in [0.15, 0.2) is 0 Å². The third kappa shape index (κ3) is 7.29. The molecule has 0 aliphatic heterocycles. The predicted octanol–water partition coefficient (Wildman–Crippen LogP) is 2.23. The first-order valence-corrected chi connectivity index (χ1v) is 5.40. The molecule has 0 radical (unpaired) electrons. The Bertz CT molecular complexity index is 258. The van der Waals surface area contributed by atoms with E-state index >= 15 is 0 Å². The number of alkyl carbamates (subject to hydrolysis) is 1. The van der Waals surface area contributed by atoms with Crippen LogP contribution >= 0.6 is 0 Å². The smallest absolute Gasteiger partial charge is 0.407 e. The van der Waals surface area contributed by atoms with Crippen molar-refractivity contribution in [2.24, 2.45) is 0 Å². The summed E-state index contributed by atoms with van der Waals surface area (Å²) in [6.45, 7) is 12.9. The molecule has 0 bridgehead atoms. The van der Waals surface area contributed by atoms with E-state index in [9.17, 15) is 9.90 Å². The van der Waals surface area contributed by atoms with Crippen molar-refractivity contribution >= 4 is 6.09 Å². The number of carbonyl (C=O) groups excluding carboxylic acids is 1. The van der Waals surface area contributed by atoms with E-state index in [0.717, 1.165) is 0 Å². The van der Waals surface area contributed by atoms with Gasteiger partial charge < -0.3 is 15.2 Å². The topological polar surface area (TPSA) is 58.6 Å². The molecular weight excluding hydrogens is 206 g/mol. The third-order valence-corrected chi connectivity index (χ3v) is 1.96. The summed E-state index contributed by atoms with van der Waals surface area (Å²) in [5, 5.41) is 12.2. The van der Waals surface area contributed by atoms with Gasteiger partial charge in [-0.25, -0.2) is 4.79 Å². The fourth-order valence-electron chi connectivity index (χ4n) is 0.936. The summed E-state index contributed by atoms with van der Waals surface area (Å²) in [5.74, 6) is 0. The molecule has 0 saturated heterocycles. The van der Waals surface area contributed by atoms with Crippen LogP contribution in [0.15, 0.2) is 12.2 Å². The first-order chi connectivity index (χ1) is 7.02. The minimum absolute atomic E-state index is 0.414. The number of ether oxygens (including phenoxy) is 1. The molecular formula is C12H23NO3. The van der Waals surface area contributed by atoms with Crippen molar-refractivity contribution in [3.63, 3.8) is 0 Å². The number of hydrogen-bond acceptors (Lipinski definition) is 3. The highest BCUT2D eigenvalue weighted by Gasteiger charge is 2.18. The molecule has 1 amide bonds. The van der Waals surface area contributed by atoms with Gasteiger partial charge in [-0.2, -0.15) is 0 Å². The molecule has 0 heterocycles.